The fourth-order valence-electron chi connectivity index (χ4n) is 1.63. The molecule has 6 heteroatoms. The first-order valence-corrected chi connectivity index (χ1v) is 8.00. The molecule has 0 aromatic heterocycles. The highest BCUT2D eigenvalue weighted by molar-refractivity contribution is 5.84. The molecule has 0 bridgehead atoms. The maximum absolute atomic E-state index is 10.2. The minimum Gasteiger partial charge on any atom is -0.508 e. The Labute approximate surface area is 152 Å². The van der Waals surface area contributed by atoms with Crippen molar-refractivity contribution in [2.24, 2.45) is 9.98 Å². The number of para-hydroxylation sites is 1. The highest BCUT2D eigenvalue weighted by atomic mass is 16.3. The van der Waals surface area contributed by atoms with Gasteiger partial charge in [0.25, 0.3) is 0 Å². The van der Waals surface area contributed by atoms with Gasteiger partial charge in [-0.15, -0.1) is 0 Å². The Kier molecular flexibility index (Phi) is 9.03. The summed E-state index contributed by atoms with van der Waals surface area (Å²) in [4.78, 5) is 28.3. The first-order valence-electron chi connectivity index (χ1n) is 8.00. The molecule has 6 nitrogen and oxygen atoms in total. The molecule has 26 heavy (non-hydrogen) atoms. The molecule has 0 saturated carbocycles. The van der Waals surface area contributed by atoms with E-state index in [1.807, 2.05) is 0 Å². The Hall–Kier alpha value is -3.28. The van der Waals surface area contributed by atoms with E-state index in [0.29, 0.717) is 5.56 Å². The Morgan fingerprint density at radius 1 is 0.808 bits per heavy atom. The lowest BCUT2D eigenvalue weighted by Gasteiger charge is -1.97. The summed E-state index contributed by atoms with van der Waals surface area (Å²) in [6, 6.07) is 12.8. The van der Waals surface area contributed by atoms with Crippen LogP contribution in [-0.2, 0) is 9.59 Å². The van der Waals surface area contributed by atoms with Crippen molar-refractivity contribution in [2.75, 3.05) is 0 Å². The van der Waals surface area contributed by atoms with Crippen LogP contribution in [0.15, 0.2) is 58.5 Å². The Morgan fingerprint density at radius 3 is 1.88 bits per heavy atom. The van der Waals surface area contributed by atoms with E-state index in [2.05, 4.69) is 9.98 Å². The number of aldehydes is 2. The van der Waals surface area contributed by atoms with Gasteiger partial charge in [-0.1, -0.05) is 12.1 Å². The van der Waals surface area contributed by atoms with E-state index >= 15 is 0 Å². The molecule has 2 aromatic carbocycles. The highest BCUT2D eigenvalue weighted by Crippen LogP contribution is 2.12. The van der Waals surface area contributed by atoms with Gasteiger partial charge in [-0.2, -0.15) is 0 Å². The first-order chi connectivity index (χ1) is 12.5. The summed E-state index contributed by atoms with van der Waals surface area (Å²) < 4.78 is 0. The van der Waals surface area contributed by atoms with E-state index in [9.17, 15) is 14.7 Å². The highest BCUT2D eigenvalue weighted by Gasteiger charge is 1.96. The van der Waals surface area contributed by atoms with Crippen molar-refractivity contribution in [3.05, 3.63) is 59.7 Å². The standard InChI is InChI=1S/2C10H11NO2/c1-8(7-12)11-6-9-2-4-10(13)5-3-9;1-8(7-12)11-6-9-4-2-3-5-10(9)13/h2*2-8,13H,1H3/b2*11-6-. The van der Waals surface area contributed by atoms with Gasteiger partial charge in [-0.05, 0) is 55.8 Å². The normalized spacial score (nSPS) is 13.0. The summed E-state index contributed by atoms with van der Waals surface area (Å²) in [6.45, 7) is 3.40. The van der Waals surface area contributed by atoms with Crippen LogP contribution in [0.25, 0.3) is 0 Å². The third kappa shape index (κ3) is 8.01. The molecule has 2 unspecified atom stereocenters. The molecule has 0 spiro atoms. The van der Waals surface area contributed by atoms with Crippen molar-refractivity contribution in [1.29, 1.82) is 0 Å². The molecule has 0 aliphatic carbocycles. The topological polar surface area (TPSA) is 99.3 Å². The second-order valence-electron chi connectivity index (χ2n) is 5.46. The molecule has 2 aromatic rings. The number of hydrogen-bond acceptors (Lipinski definition) is 6. The maximum atomic E-state index is 10.2. The zero-order valence-electron chi connectivity index (χ0n) is 14.7. The van der Waals surface area contributed by atoms with Crippen molar-refractivity contribution < 1.29 is 19.8 Å². The number of carbonyl (C=O) groups is 2. The second kappa shape index (κ2) is 11.3. The zero-order chi connectivity index (χ0) is 19.4. The number of benzene rings is 2. The smallest absolute Gasteiger partial charge is 0.144 e. The third-order valence-corrected chi connectivity index (χ3v) is 3.13. The quantitative estimate of drug-likeness (QED) is 0.615. The molecule has 0 radical (unpaired) electrons. The molecule has 136 valence electrons. The van der Waals surface area contributed by atoms with E-state index in [1.165, 1.54) is 6.21 Å². The van der Waals surface area contributed by atoms with Crippen molar-refractivity contribution >= 4 is 25.0 Å². The molecule has 2 N–H and O–H groups in total. The van der Waals surface area contributed by atoms with Gasteiger partial charge in [0.1, 0.15) is 36.2 Å². The lowest BCUT2D eigenvalue weighted by molar-refractivity contribution is -0.109. The van der Waals surface area contributed by atoms with Crippen LogP contribution in [0.4, 0.5) is 0 Å². The summed E-state index contributed by atoms with van der Waals surface area (Å²) in [5.74, 6) is 0.393. The molecular weight excluding hydrogens is 332 g/mol. The van der Waals surface area contributed by atoms with Crippen LogP contribution in [0.2, 0.25) is 0 Å². The van der Waals surface area contributed by atoms with Crippen LogP contribution in [-0.4, -0.2) is 47.3 Å². The SMILES string of the molecule is CC(C=O)/N=C\c1ccc(O)cc1.CC(C=O)/N=C\c1ccccc1O. The predicted octanol–water partition coefficient (Wildman–Crippen LogP) is 2.80. The van der Waals surface area contributed by atoms with Crippen molar-refractivity contribution in [3.8, 4) is 11.5 Å². The van der Waals surface area contributed by atoms with Crippen LogP contribution in [0, 0.1) is 0 Å². The average Bonchev–Trinajstić information content (AvgIpc) is 2.66. The second-order valence-corrected chi connectivity index (χ2v) is 5.46. The van der Waals surface area contributed by atoms with E-state index in [1.54, 1.807) is 68.6 Å². The molecule has 0 aliphatic heterocycles. The maximum Gasteiger partial charge on any atom is 0.144 e. The summed E-state index contributed by atoms with van der Waals surface area (Å²) in [7, 11) is 0. The van der Waals surface area contributed by atoms with Crippen LogP contribution in [0.1, 0.15) is 25.0 Å². The molecular formula is C20H22N2O4. The molecule has 0 saturated heterocycles. The van der Waals surface area contributed by atoms with E-state index in [4.69, 9.17) is 5.11 Å². The van der Waals surface area contributed by atoms with Crippen molar-refractivity contribution in [1.82, 2.24) is 0 Å². The summed E-state index contributed by atoms with van der Waals surface area (Å²) in [6.07, 6.45) is 4.63. The van der Waals surface area contributed by atoms with E-state index < -0.39 is 0 Å². The average molecular weight is 354 g/mol. The molecule has 2 rings (SSSR count). The number of aromatic hydroxyl groups is 2. The Bertz CT molecular complexity index is 755. The molecule has 0 heterocycles. The number of carbonyl (C=O) groups excluding carboxylic acids is 2. The number of nitrogens with zero attached hydrogens (tertiary/aromatic N) is 2. The van der Waals surface area contributed by atoms with Gasteiger partial charge in [-0.3, -0.25) is 9.98 Å². The number of aliphatic imine (C=N–C) groups is 2. The van der Waals surface area contributed by atoms with Crippen LogP contribution in [0.5, 0.6) is 11.5 Å². The Morgan fingerprint density at radius 2 is 1.35 bits per heavy atom. The van der Waals surface area contributed by atoms with Gasteiger partial charge in [0.15, 0.2) is 0 Å². The largest absolute Gasteiger partial charge is 0.508 e. The Balaban J connectivity index is 0.000000260. The van der Waals surface area contributed by atoms with Crippen LogP contribution < -0.4 is 0 Å². The predicted molar refractivity (Wildman–Crippen MR) is 102 cm³/mol. The van der Waals surface area contributed by atoms with E-state index in [0.717, 1.165) is 18.1 Å². The van der Waals surface area contributed by atoms with Gasteiger partial charge in [-0.25, -0.2) is 0 Å². The summed E-state index contributed by atoms with van der Waals surface area (Å²) >= 11 is 0. The van der Waals surface area contributed by atoms with E-state index in [-0.39, 0.29) is 23.6 Å². The van der Waals surface area contributed by atoms with Crippen molar-refractivity contribution in [3.63, 3.8) is 0 Å². The summed E-state index contributed by atoms with van der Waals surface area (Å²) in [5.41, 5.74) is 1.49. The van der Waals surface area contributed by atoms with Crippen molar-refractivity contribution in [2.45, 2.75) is 25.9 Å². The van der Waals surface area contributed by atoms with Gasteiger partial charge in [0.05, 0.1) is 0 Å². The number of phenols is 2. The third-order valence-electron chi connectivity index (χ3n) is 3.13. The fraction of sp³-hybridized carbons (Fsp3) is 0.200. The lowest BCUT2D eigenvalue weighted by atomic mass is 10.2. The zero-order valence-corrected chi connectivity index (χ0v) is 14.7. The monoisotopic (exact) mass is 354 g/mol. The van der Waals surface area contributed by atoms with Crippen LogP contribution in [0.3, 0.4) is 0 Å². The number of hydrogen-bond donors (Lipinski definition) is 2. The molecule has 0 fully saturated rings. The first kappa shape index (κ1) is 20.8. The minimum atomic E-state index is -0.361. The van der Waals surface area contributed by atoms with Gasteiger partial charge < -0.3 is 19.8 Å². The number of rotatable bonds is 6. The van der Waals surface area contributed by atoms with Gasteiger partial charge >= 0.3 is 0 Å². The lowest BCUT2D eigenvalue weighted by Crippen LogP contribution is -1.98. The fourth-order valence-corrected chi connectivity index (χ4v) is 1.63. The number of phenolic OH excluding ortho intramolecular Hbond substituents is 2. The van der Waals surface area contributed by atoms with Gasteiger partial charge in [0, 0.05) is 18.0 Å². The molecule has 0 aliphatic rings. The van der Waals surface area contributed by atoms with Gasteiger partial charge in [0.2, 0.25) is 0 Å². The molecule has 0 amide bonds. The molecule has 2 atom stereocenters. The summed E-state index contributed by atoms with van der Waals surface area (Å²) in [5, 5.41) is 18.3. The van der Waals surface area contributed by atoms with Crippen LogP contribution >= 0.6 is 0 Å². The minimum absolute atomic E-state index is 0.171.